The number of nitrogens with one attached hydrogen (secondary N) is 2. The van der Waals surface area contributed by atoms with Gasteiger partial charge in [-0.1, -0.05) is 57.5 Å². The lowest BCUT2D eigenvalue weighted by Crippen LogP contribution is -2.58. The standard InChI is InChI=1S/C35H43N5O7S/c1-5-22-18-35(22,34(43)39-48(44,45)25-12-13-25)38-32(41)29-16-24(19-40(29)33(42)31(36)20(2)3)47-30-17-27(21-9-7-6-8-10-21)37-28-15-23(46-4)11-14-26(28)30/h6-11,14-15,17,20,22,24-25,29,31H,5,12-13,16,18-19,36H2,1-4H3,(H,38,41)(H,39,43)/t22?,24-,29+,31+,35-/m1/s1. The summed E-state index contributed by atoms with van der Waals surface area (Å²) in [4.78, 5) is 47.4. The summed E-state index contributed by atoms with van der Waals surface area (Å²) in [5.74, 6) is -0.935. The number of likely N-dealkylation sites (tertiary alicyclic amines) is 1. The molecule has 2 heterocycles. The van der Waals surface area contributed by atoms with E-state index in [-0.39, 0.29) is 24.8 Å². The Kier molecular flexibility index (Phi) is 9.12. The number of hydrogen-bond donors (Lipinski definition) is 3. The molecule has 1 aromatic heterocycles. The van der Waals surface area contributed by atoms with Crippen LogP contribution in [-0.2, 0) is 24.4 Å². The van der Waals surface area contributed by atoms with Gasteiger partial charge in [-0.3, -0.25) is 19.1 Å². The number of methoxy groups -OCH3 is 1. The molecule has 0 radical (unpaired) electrons. The van der Waals surface area contributed by atoms with Crippen molar-refractivity contribution in [3.63, 3.8) is 0 Å². The quantitative estimate of drug-likeness (QED) is 0.261. The predicted octanol–water partition coefficient (Wildman–Crippen LogP) is 3.14. The minimum Gasteiger partial charge on any atom is -0.497 e. The number of pyridine rings is 1. The molecule has 1 aliphatic heterocycles. The fourth-order valence-electron chi connectivity index (χ4n) is 6.48. The first-order valence-corrected chi connectivity index (χ1v) is 18.1. The summed E-state index contributed by atoms with van der Waals surface area (Å²) in [6, 6.07) is 15.2. The van der Waals surface area contributed by atoms with E-state index in [4.69, 9.17) is 20.2 Å². The maximum atomic E-state index is 14.1. The van der Waals surface area contributed by atoms with Crippen LogP contribution in [0, 0.1) is 11.8 Å². The van der Waals surface area contributed by atoms with E-state index >= 15 is 0 Å². The smallest absolute Gasteiger partial charge is 0.259 e. The van der Waals surface area contributed by atoms with E-state index in [1.807, 2.05) is 75.4 Å². The molecule has 0 bridgehead atoms. The second kappa shape index (κ2) is 13.0. The van der Waals surface area contributed by atoms with Crippen LogP contribution in [0.5, 0.6) is 11.5 Å². The third-order valence-electron chi connectivity index (χ3n) is 9.74. The molecule has 3 aromatic rings. The average Bonchev–Trinajstić information content (AvgIpc) is 4.00. The molecule has 3 aliphatic rings. The zero-order valence-electron chi connectivity index (χ0n) is 27.6. The zero-order chi connectivity index (χ0) is 34.4. The maximum Gasteiger partial charge on any atom is 0.259 e. The Morgan fingerprint density at radius 3 is 2.46 bits per heavy atom. The molecule has 5 atom stereocenters. The molecule has 12 nitrogen and oxygen atoms in total. The first-order chi connectivity index (χ1) is 22.9. The number of nitrogens with zero attached hydrogens (tertiary/aromatic N) is 2. The minimum atomic E-state index is -3.82. The highest BCUT2D eigenvalue weighted by molar-refractivity contribution is 7.91. The minimum absolute atomic E-state index is 0.0877. The van der Waals surface area contributed by atoms with Gasteiger partial charge < -0.3 is 25.4 Å². The topological polar surface area (TPSA) is 170 Å². The van der Waals surface area contributed by atoms with Gasteiger partial charge in [-0.2, -0.15) is 0 Å². The molecule has 3 fully saturated rings. The van der Waals surface area contributed by atoms with E-state index in [9.17, 15) is 22.8 Å². The fraction of sp³-hybridized carbons (Fsp3) is 0.486. The van der Waals surface area contributed by atoms with Gasteiger partial charge in [-0.15, -0.1) is 0 Å². The van der Waals surface area contributed by atoms with E-state index < -0.39 is 56.7 Å². The number of sulfonamides is 1. The Labute approximate surface area is 280 Å². The molecule has 3 amide bonds. The van der Waals surface area contributed by atoms with Gasteiger partial charge in [0.25, 0.3) is 5.91 Å². The van der Waals surface area contributed by atoms with E-state index in [0.717, 1.165) is 10.9 Å². The highest BCUT2D eigenvalue weighted by atomic mass is 32.2. The number of carbonyl (C=O) groups is 3. The highest BCUT2D eigenvalue weighted by Gasteiger charge is 2.62. The molecule has 6 rings (SSSR count). The Hall–Kier alpha value is -4.23. The summed E-state index contributed by atoms with van der Waals surface area (Å²) in [7, 11) is -2.23. The van der Waals surface area contributed by atoms with Crippen LogP contribution >= 0.6 is 0 Å². The number of fused-ring (bicyclic) bond motifs is 1. The van der Waals surface area contributed by atoms with Crippen molar-refractivity contribution >= 4 is 38.6 Å². The van der Waals surface area contributed by atoms with Crippen LogP contribution in [-0.4, -0.2) is 78.7 Å². The lowest BCUT2D eigenvalue weighted by Gasteiger charge is -2.29. The van der Waals surface area contributed by atoms with E-state index in [1.165, 1.54) is 4.90 Å². The molecule has 256 valence electrons. The van der Waals surface area contributed by atoms with E-state index in [1.54, 1.807) is 7.11 Å². The first kappa shape index (κ1) is 33.7. The van der Waals surface area contributed by atoms with Crippen molar-refractivity contribution in [2.24, 2.45) is 17.6 Å². The lowest BCUT2D eigenvalue weighted by atomic mass is 10.0. The van der Waals surface area contributed by atoms with Crippen LogP contribution in [0.2, 0.25) is 0 Å². The van der Waals surface area contributed by atoms with Crippen molar-refractivity contribution in [3.8, 4) is 22.8 Å². The van der Waals surface area contributed by atoms with Gasteiger partial charge in [-0.05, 0) is 43.2 Å². The molecule has 13 heteroatoms. The summed E-state index contributed by atoms with van der Waals surface area (Å²) in [6.45, 7) is 5.64. The zero-order valence-corrected chi connectivity index (χ0v) is 28.5. The van der Waals surface area contributed by atoms with Crippen molar-refractivity contribution in [1.29, 1.82) is 0 Å². The fourth-order valence-corrected chi connectivity index (χ4v) is 7.85. The van der Waals surface area contributed by atoms with Gasteiger partial charge in [0.1, 0.15) is 29.2 Å². The molecule has 1 unspecified atom stereocenters. The van der Waals surface area contributed by atoms with Crippen molar-refractivity contribution in [2.45, 2.75) is 81.9 Å². The number of rotatable bonds is 12. The van der Waals surface area contributed by atoms with Gasteiger partial charge in [0.2, 0.25) is 21.8 Å². The SMILES string of the molecule is CCC1C[C@]1(NC(=O)[C@@H]1C[C@@H](Oc2cc(-c3ccccc3)nc3cc(OC)ccc23)CN1C(=O)[C@@H](N)C(C)C)C(=O)NS(=O)(=O)C1CC1. The second-order valence-corrected chi connectivity index (χ2v) is 15.4. The van der Waals surface area contributed by atoms with Gasteiger partial charge in [0, 0.05) is 29.5 Å². The molecule has 2 aromatic carbocycles. The van der Waals surface area contributed by atoms with Crippen LogP contribution in [0.1, 0.15) is 52.9 Å². The normalized spacial score (nSPS) is 24.3. The summed E-state index contributed by atoms with van der Waals surface area (Å²) >= 11 is 0. The summed E-state index contributed by atoms with van der Waals surface area (Å²) in [6.07, 6.45) is 1.42. The number of benzene rings is 2. The molecule has 1 saturated heterocycles. The number of carbonyl (C=O) groups excluding carboxylic acids is 3. The number of amides is 3. The van der Waals surface area contributed by atoms with Crippen LogP contribution < -0.4 is 25.2 Å². The average molecular weight is 678 g/mol. The van der Waals surface area contributed by atoms with Crippen LogP contribution in [0.4, 0.5) is 0 Å². The molecule has 0 spiro atoms. The Morgan fingerprint density at radius 1 is 1.10 bits per heavy atom. The van der Waals surface area contributed by atoms with Crippen molar-refractivity contribution < 1.29 is 32.3 Å². The summed E-state index contributed by atoms with van der Waals surface area (Å²) in [5.41, 5.74) is 7.16. The van der Waals surface area contributed by atoms with Crippen LogP contribution in [0.15, 0.2) is 54.6 Å². The molecule has 2 saturated carbocycles. The predicted molar refractivity (Wildman–Crippen MR) is 180 cm³/mol. The Morgan fingerprint density at radius 2 is 1.83 bits per heavy atom. The maximum absolute atomic E-state index is 14.1. The van der Waals surface area contributed by atoms with E-state index in [2.05, 4.69) is 10.0 Å². The van der Waals surface area contributed by atoms with Gasteiger partial charge >= 0.3 is 0 Å². The van der Waals surface area contributed by atoms with Crippen molar-refractivity contribution in [2.75, 3.05) is 13.7 Å². The Bertz CT molecular complexity index is 1830. The van der Waals surface area contributed by atoms with Crippen LogP contribution in [0.25, 0.3) is 22.2 Å². The first-order valence-electron chi connectivity index (χ1n) is 16.5. The third kappa shape index (κ3) is 6.57. The summed E-state index contributed by atoms with van der Waals surface area (Å²) < 4.78 is 39.5. The second-order valence-electron chi connectivity index (χ2n) is 13.5. The van der Waals surface area contributed by atoms with Crippen molar-refractivity contribution in [3.05, 3.63) is 54.6 Å². The van der Waals surface area contributed by atoms with E-state index in [0.29, 0.717) is 48.4 Å². The van der Waals surface area contributed by atoms with Crippen LogP contribution in [0.3, 0.4) is 0 Å². The number of ether oxygens (including phenoxy) is 2. The molecular weight excluding hydrogens is 634 g/mol. The number of aromatic nitrogens is 1. The Balaban J connectivity index is 1.29. The number of nitrogens with two attached hydrogens (primary N) is 1. The molecule has 48 heavy (non-hydrogen) atoms. The summed E-state index contributed by atoms with van der Waals surface area (Å²) in [5, 5.41) is 3.02. The largest absolute Gasteiger partial charge is 0.497 e. The third-order valence-corrected chi connectivity index (χ3v) is 11.6. The number of hydrogen-bond acceptors (Lipinski definition) is 9. The molecule has 4 N–H and O–H groups in total. The van der Waals surface area contributed by atoms with Gasteiger partial charge in [0.15, 0.2) is 0 Å². The van der Waals surface area contributed by atoms with Gasteiger partial charge in [-0.25, -0.2) is 13.4 Å². The highest BCUT2D eigenvalue weighted by Crippen LogP contribution is 2.47. The van der Waals surface area contributed by atoms with Gasteiger partial charge in [0.05, 0.1) is 36.2 Å². The monoisotopic (exact) mass is 677 g/mol. The molecule has 2 aliphatic carbocycles. The molecular formula is C35H43N5O7S. The van der Waals surface area contributed by atoms with Crippen molar-refractivity contribution in [1.82, 2.24) is 19.9 Å². The lowest BCUT2D eigenvalue weighted by molar-refractivity contribution is -0.141.